The number of aromatic amines is 1. The zero-order valence-electron chi connectivity index (χ0n) is 8.31. The molecular formula is C9H12N6. The van der Waals surface area contributed by atoms with Gasteiger partial charge in [-0.25, -0.2) is 9.97 Å². The summed E-state index contributed by atoms with van der Waals surface area (Å²) in [5.41, 5.74) is 6.38. The summed E-state index contributed by atoms with van der Waals surface area (Å²) >= 11 is 0. The highest BCUT2D eigenvalue weighted by Gasteiger charge is 2.07. The van der Waals surface area contributed by atoms with E-state index in [1.54, 1.807) is 12.3 Å². The Balaban J connectivity index is 2.06. The lowest BCUT2D eigenvalue weighted by Gasteiger charge is -2.11. The summed E-state index contributed by atoms with van der Waals surface area (Å²) in [5.74, 6) is 1.29. The fraction of sp³-hybridized carbons (Fsp3) is 0.222. The Morgan fingerprint density at radius 2 is 2.27 bits per heavy atom. The van der Waals surface area contributed by atoms with Crippen molar-refractivity contribution in [2.45, 2.75) is 13.0 Å². The normalized spacial score (nSPS) is 12.3. The van der Waals surface area contributed by atoms with E-state index in [-0.39, 0.29) is 6.04 Å². The number of nitrogens with one attached hydrogen (secondary N) is 2. The van der Waals surface area contributed by atoms with Gasteiger partial charge in [-0.3, -0.25) is 5.10 Å². The van der Waals surface area contributed by atoms with Crippen molar-refractivity contribution in [2.24, 2.45) is 0 Å². The molecular weight excluding hydrogens is 192 g/mol. The van der Waals surface area contributed by atoms with Gasteiger partial charge in [0, 0.05) is 0 Å². The molecule has 2 rings (SSSR count). The summed E-state index contributed by atoms with van der Waals surface area (Å²) in [7, 11) is 0. The van der Waals surface area contributed by atoms with Crippen LogP contribution in [0.5, 0.6) is 0 Å². The van der Waals surface area contributed by atoms with Crippen LogP contribution < -0.4 is 11.1 Å². The molecule has 0 radical (unpaired) electrons. The molecule has 1 unspecified atom stereocenters. The van der Waals surface area contributed by atoms with Crippen LogP contribution >= 0.6 is 0 Å². The third kappa shape index (κ3) is 2.22. The SMILES string of the molecule is CC(Nc1ccc(N)nc1)c1ncn[nH]1. The summed E-state index contributed by atoms with van der Waals surface area (Å²) in [5, 5.41) is 9.81. The van der Waals surface area contributed by atoms with E-state index in [9.17, 15) is 0 Å². The number of hydrogen-bond acceptors (Lipinski definition) is 5. The highest BCUT2D eigenvalue weighted by atomic mass is 15.2. The number of hydrogen-bond donors (Lipinski definition) is 3. The summed E-state index contributed by atoms with van der Waals surface area (Å²) in [6.45, 7) is 1.98. The Hall–Kier alpha value is -2.11. The van der Waals surface area contributed by atoms with Crippen molar-refractivity contribution in [1.82, 2.24) is 20.2 Å². The molecule has 0 fully saturated rings. The van der Waals surface area contributed by atoms with Gasteiger partial charge in [-0.1, -0.05) is 0 Å². The Kier molecular flexibility index (Phi) is 2.49. The van der Waals surface area contributed by atoms with Crippen molar-refractivity contribution in [3.63, 3.8) is 0 Å². The maximum absolute atomic E-state index is 5.48. The van der Waals surface area contributed by atoms with Crippen molar-refractivity contribution >= 4 is 11.5 Å². The average Bonchev–Trinajstić information content (AvgIpc) is 2.74. The van der Waals surface area contributed by atoms with Crippen molar-refractivity contribution in [1.29, 1.82) is 0 Å². The van der Waals surface area contributed by atoms with E-state index in [0.717, 1.165) is 11.5 Å². The minimum Gasteiger partial charge on any atom is -0.384 e. The standard InChI is InChI=1S/C9H12N6/c1-6(9-12-5-13-15-9)14-7-2-3-8(10)11-4-7/h2-6,14H,1H3,(H2,10,11)(H,12,13,15). The van der Waals surface area contributed by atoms with Crippen molar-refractivity contribution in [2.75, 3.05) is 11.1 Å². The molecule has 0 aliphatic rings. The summed E-state index contributed by atoms with van der Waals surface area (Å²) in [6.07, 6.45) is 3.16. The van der Waals surface area contributed by atoms with Crippen LogP contribution in [0.3, 0.4) is 0 Å². The number of nitrogens with two attached hydrogens (primary N) is 1. The van der Waals surface area contributed by atoms with Gasteiger partial charge < -0.3 is 11.1 Å². The summed E-state index contributed by atoms with van der Waals surface area (Å²) in [6, 6.07) is 3.67. The number of rotatable bonds is 3. The van der Waals surface area contributed by atoms with E-state index in [1.807, 2.05) is 13.0 Å². The molecule has 15 heavy (non-hydrogen) atoms. The minimum atomic E-state index is 0.0536. The van der Waals surface area contributed by atoms with E-state index in [4.69, 9.17) is 5.73 Å². The van der Waals surface area contributed by atoms with Gasteiger partial charge in [0.15, 0.2) is 0 Å². The first-order valence-corrected chi connectivity index (χ1v) is 4.59. The first kappa shape index (κ1) is 9.45. The second-order valence-corrected chi connectivity index (χ2v) is 3.21. The second kappa shape index (κ2) is 3.95. The third-order valence-corrected chi connectivity index (χ3v) is 2.01. The van der Waals surface area contributed by atoms with Crippen LogP contribution in [0.4, 0.5) is 11.5 Å². The lowest BCUT2D eigenvalue weighted by Crippen LogP contribution is -2.08. The molecule has 2 aromatic rings. The molecule has 1 atom stereocenters. The lowest BCUT2D eigenvalue weighted by molar-refractivity contribution is 0.795. The van der Waals surface area contributed by atoms with Crippen LogP contribution in [0.25, 0.3) is 0 Å². The first-order chi connectivity index (χ1) is 7.25. The molecule has 0 aromatic carbocycles. The first-order valence-electron chi connectivity index (χ1n) is 4.59. The summed E-state index contributed by atoms with van der Waals surface area (Å²) in [4.78, 5) is 8.04. The Morgan fingerprint density at radius 1 is 1.40 bits per heavy atom. The van der Waals surface area contributed by atoms with Crippen molar-refractivity contribution in [3.8, 4) is 0 Å². The van der Waals surface area contributed by atoms with Gasteiger partial charge in [-0.2, -0.15) is 5.10 Å². The van der Waals surface area contributed by atoms with E-state index in [0.29, 0.717) is 5.82 Å². The van der Waals surface area contributed by atoms with E-state index in [2.05, 4.69) is 25.5 Å². The van der Waals surface area contributed by atoms with Gasteiger partial charge in [0.1, 0.15) is 18.0 Å². The minimum absolute atomic E-state index is 0.0536. The smallest absolute Gasteiger partial charge is 0.146 e. The highest BCUT2D eigenvalue weighted by molar-refractivity contribution is 5.46. The van der Waals surface area contributed by atoms with E-state index < -0.39 is 0 Å². The number of aromatic nitrogens is 4. The van der Waals surface area contributed by atoms with Gasteiger partial charge >= 0.3 is 0 Å². The topological polar surface area (TPSA) is 92.5 Å². The zero-order chi connectivity index (χ0) is 10.7. The van der Waals surface area contributed by atoms with Gasteiger partial charge in [0.25, 0.3) is 0 Å². The number of H-pyrrole nitrogens is 1. The van der Waals surface area contributed by atoms with Crippen LogP contribution in [0, 0.1) is 0 Å². The fourth-order valence-electron chi connectivity index (χ4n) is 1.23. The number of nitrogens with zero attached hydrogens (tertiary/aromatic N) is 3. The number of nitrogen functional groups attached to an aromatic ring is 1. The Bertz CT molecular complexity index is 407. The molecule has 6 nitrogen and oxygen atoms in total. The molecule has 0 aliphatic carbocycles. The molecule has 2 aromatic heterocycles. The molecule has 6 heteroatoms. The predicted molar refractivity (Wildman–Crippen MR) is 57.1 cm³/mol. The molecule has 2 heterocycles. The van der Waals surface area contributed by atoms with Crippen molar-refractivity contribution < 1.29 is 0 Å². The largest absolute Gasteiger partial charge is 0.384 e. The Labute approximate surface area is 86.9 Å². The van der Waals surface area contributed by atoms with Crippen LogP contribution in [-0.2, 0) is 0 Å². The average molecular weight is 204 g/mol. The van der Waals surface area contributed by atoms with Gasteiger partial charge in [-0.05, 0) is 19.1 Å². The Morgan fingerprint density at radius 3 is 2.87 bits per heavy atom. The fourth-order valence-corrected chi connectivity index (χ4v) is 1.23. The lowest BCUT2D eigenvalue weighted by atomic mass is 10.3. The molecule has 0 aliphatic heterocycles. The predicted octanol–water partition coefficient (Wildman–Crippen LogP) is 0.955. The molecule has 0 spiro atoms. The quantitative estimate of drug-likeness (QED) is 0.692. The number of anilines is 2. The molecule has 0 bridgehead atoms. The molecule has 0 saturated carbocycles. The van der Waals surface area contributed by atoms with Crippen LogP contribution in [-0.4, -0.2) is 20.2 Å². The van der Waals surface area contributed by atoms with Crippen LogP contribution in [0.1, 0.15) is 18.8 Å². The molecule has 0 saturated heterocycles. The monoisotopic (exact) mass is 204 g/mol. The van der Waals surface area contributed by atoms with Crippen LogP contribution in [0.15, 0.2) is 24.7 Å². The molecule has 4 N–H and O–H groups in total. The van der Waals surface area contributed by atoms with Crippen molar-refractivity contribution in [3.05, 3.63) is 30.5 Å². The molecule has 78 valence electrons. The van der Waals surface area contributed by atoms with E-state index >= 15 is 0 Å². The second-order valence-electron chi connectivity index (χ2n) is 3.21. The molecule has 0 amide bonds. The maximum atomic E-state index is 5.48. The zero-order valence-corrected chi connectivity index (χ0v) is 8.31. The van der Waals surface area contributed by atoms with Gasteiger partial charge in [0.05, 0.1) is 17.9 Å². The van der Waals surface area contributed by atoms with E-state index in [1.165, 1.54) is 6.33 Å². The number of pyridine rings is 1. The summed E-state index contributed by atoms with van der Waals surface area (Å²) < 4.78 is 0. The van der Waals surface area contributed by atoms with Gasteiger partial charge in [0.2, 0.25) is 0 Å². The van der Waals surface area contributed by atoms with Gasteiger partial charge in [-0.15, -0.1) is 0 Å². The third-order valence-electron chi connectivity index (χ3n) is 2.01. The highest BCUT2D eigenvalue weighted by Crippen LogP contribution is 2.15. The maximum Gasteiger partial charge on any atom is 0.146 e. The van der Waals surface area contributed by atoms with Crippen LogP contribution in [0.2, 0.25) is 0 Å².